The molecule has 0 saturated heterocycles. The molecule has 108 valence electrons. The van der Waals surface area contributed by atoms with Gasteiger partial charge in [-0.3, -0.25) is 14.6 Å². The van der Waals surface area contributed by atoms with Gasteiger partial charge in [0.15, 0.2) is 0 Å². The third-order valence-electron chi connectivity index (χ3n) is 3.24. The molecule has 0 atom stereocenters. The Morgan fingerprint density at radius 1 is 1.38 bits per heavy atom. The van der Waals surface area contributed by atoms with E-state index in [0.717, 1.165) is 11.3 Å². The molecule has 2 aromatic rings. The zero-order chi connectivity index (χ0) is 15.4. The van der Waals surface area contributed by atoms with E-state index in [-0.39, 0.29) is 12.0 Å². The van der Waals surface area contributed by atoms with Gasteiger partial charge in [0.05, 0.1) is 29.6 Å². The summed E-state index contributed by atoms with van der Waals surface area (Å²) in [6, 6.07) is 9.93. The monoisotopic (exact) mass is 282 g/mol. The molecule has 5 nitrogen and oxygen atoms in total. The van der Waals surface area contributed by atoms with E-state index in [0.29, 0.717) is 17.1 Å². The lowest BCUT2D eigenvalue weighted by Gasteiger charge is -2.11. The maximum absolute atomic E-state index is 12.2. The van der Waals surface area contributed by atoms with Gasteiger partial charge in [-0.15, -0.1) is 0 Å². The number of hydrogen-bond acceptors (Lipinski definition) is 3. The average molecular weight is 282 g/mol. The number of rotatable bonds is 4. The van der Waals surface area contributed by atoms with E-state index in [1.54, 1.807) is 0 Å². The molecule has 0 unspecified atom stereocenters. The molecule has 0 aliphatic heterocycles. The molecule has 0 amide bonds. The summed E-state index contributed by atoms with van der Waals surface area (Å²) in [4.78, 5) is 14.2. The lowest BCUT2D eigenvalue weighted by molar-refractivity contribution is 0.604. The average Bonchev–Trinajstić information content (AvgIpc) is 2.73. The molecule has 0 spiro atoms. The Hall–Kier alpha value is -2.74. The van der Waals surface area contributed by atoms with Gasteiger partial charge in [0, 0.05) is 19.8 Å². The van der Waals surface area contributed by atoms with Crippen LogP contribution in [0.5, 0.6) is 0 Å². The van der Waals surface area contributed by atoms with Crippen LogP contribution in [0.2, 0.25) is 0 Å². The van der Waals surface area contributed by atoms with Crippen LogP contribution < -0.4 is 21.0 Å². The Morgan fingerprint density at radius 2 is 2.05 bits per heavy atom. The number of hydrogen-bond donors (Lipinski definition) is 1. The van der Waals surface area contributed by atoms with Gasteiger partial charge in [0.1, 0.15) is 0 Å². The van der Waals surface area contributed by atoms with Crippen molar-refractivity contribution >= 4 is 18.3 Å². The van der Waals surface area contributed by atoms with Gasteiger partial charge in [-0.25, -0.2) is 0 Å². The minimum absolute atomic E-state index is 0.146. The molecule has 1 N–H and O–H groups in total. The molecule has 1 aromatic heterocycles. The highest BCUT2D eigenvalue weighted by Gasteiger charge is 2.02. The first-order chi connectivity index (χ1) is 10.0. The van der Waals surface area contributed by atoms with Gasteiger partial charge in [-0.2, -0.15) is 5.26 Å². The summed E-state index contributed by atoms with van der Waals surface area (Å²) >= 11 is 0. The number of nitriles is 1. The van der Waals surface area contributed by atoms with Crippen molar-refractivity contribution in [3.8, 4) is 6.07 Å². The van der Waals surface area contributed by atoms with Gasteiger partial charge in [0.25, 0.3) is 5.56 Å². The second-order valence-electron chi connectivity index (χ2n) is 5.00. The van der Waals surface area contributed by atoms with Crippen LogP contribution in [0.25, 0.3) is 12.7 Å². The summed E-state index contributed by atoms with van der Waals surface area (Å²) in [7, 11) is 3.96. The van der Waals surface area contributed by atoms with E-state index in [9.17, 15) is 4.79 Å². The molecule has 0 radical (unpaired) electrons. The fourth-order valence-corrected chi connectivity index (χ4v) is 2.05. The molecular formula is C16H18N4O. The van der Waals surface area contributed by atoms with Crippen molar-refractivity contribution in [1.29, 1.82) is 5.26 Å². The van der Waals surface area contributed by atoms with E-state index in [1.165, 1.54) is 4.68 Å². The number of H-pyrrole nitrogens is 1. The SMILES string of the molecule is C=c1[nH]n(CCC#N)c(=O)/c1=C\c1ccc(N(C)C)cc1. The minimum Gasteiger partial charge on any atom is -0.378 e. The Labute approximate surface area is 123 Å². The van der Waals surface area contributed by atoms with Gasteiger partial charge < -0.3 is 4.90 Å². The second kappa shape index (κ2) is 6.14. The zero-order valence-electron chi connectivity index (χ0n) is 12.3. The maximum atomic E-state index is 12.2. The highest BCUT2D eigenvalue weighted by atomic mass is 16.1. The van der Waals surface area contributed by atoms with Crippen LogP contribution in [-0.4, -0.2) is 23.9 Å². The third kappa shape index (κ3) is 3.23. The fraction of sp³-hybridized carbons (Fsp3) is 0.250. The molecule has 1 aromatic carbocycles. The van der Waals surface area contributed by atoms with Crippen LogP contribution in [0.15, 0.2) is 29.1 Å². The highest BCUT2D eigenvalue weighted by molar-refractivity contribution is 5.55. The Balaban J connectivity index is 2.42. The zero-order valence-corrected chi connectivity index (χ0v) is 12.3. The van der Waals surface area contributed by atoms with Crippen molar-refractivity contribution in [1.82, 2.24) is 9.78 Å². The van der Waals surface area contributed by atoms with E-state index in [4.69, 9.17) is 5.26 Å². The van der Waals surface area contributed by atoms with Gasteiger partial charge in [-0.05, 0) is 23.8 Å². The van der Waals surface area contributed by atoms with Crippen molar-refractivity contribution in [3.05, 3.63) is 50.8 Å². The standard InChI is InChI=1S/C16H18N4O/c1-12-15(16(21)20(18-12)10-4-9-17)11-13-5-7-14(8-6-13)19(2)3/h5-8,11,18H,1,4,10H2,2-3H3/b15-11-. The van der Waals surface area contributed by atoms with Crippen LogP contribution in [0, 0.1) is 11.3 Å². The Kier molecular flexibility index (Phi) is 4.29. The normalized spacial score (nSPS) is 11.4. The van der Waals surface area contributed by atoms with Crippen LogP contribution in [0.3, 0.4) is 0 Å². The van der Waals surface area contributed by atoms with Crippen LogP contribution in [-0.2, 0) is 6.54 Å². The molecule has 0 aliphatic rings. The predicted octanol–water partition coefficient (Wildman–Crippen LogP) is 0.395. The van der Waals surface area contributed by atoms with Gasteiger partial charge in [0.2, 0.25) is 0 Å². The topological polar surface area (TPSA) is 64.8 Å². The van der Waals surface area contributed by atoms with Crippen LogP contribution in [0.4, 0.5) is 5.69 Å². The van der Waals surface area contributed by atoms with E-state index in [1.807, 2.05) is 55.4 Å². The van der Waals surface area contributed by atoms with E-state index < -0.39 is 0 Å². The molecular weight excluding hydrogens is 264 g/mol. The summed E-state index contributed by atoms with van der Waals surface area (Å²) in [5.74, 6) is 0. The lowest BCUT2D eigenvalue weighted by Crippen LogP contribution is -2.34. The number of benzene rings is 1. The minimum atomic E-state index is -0.146. The summed E-state index contributed by atoms with van der Waals surface area (Å²) < 4.78 is 1.42. The van der Waals surface area contributed by atoms with Crippen molar-refractivity contribution in [2.75, 3.05) is 19.0 Å². The molecule has 21 heavy (non-hydrogen) atoms. The number of aryl methyl sites for hydroxylation is 1. The lowest BCUT2D eigenvalue weighted by atomic mass is 10.1. The van der Waals surface area contributed by atoms with Crippen LogP contribution >= 0.6 is 0 Å². The Morgan fingerprint density at radius 3 is 2.62 bits per heavy atom. The largest absolute Gasteiger partial charge is 0.378 e. The van der Waals surface area contributed by atoms with E-state index in [2.05, 4.69) is 11.7 Å². The van der Waals surface area contributed by atoms with E-state index >= 15 is 0 Å². The van der Waals surface area contributed by atoms with Crippen molar-refractivity contribution in [3.63, 3.8) is 0 Å². The van der Waals surface area contributed by atoms with Gasteiger partial charge in [-0.1, -0.05) is 18.7 Å². The van der Waals surface area contributed by atoms with Crippen molar-refractivity contribution in [2.45, 2.75) is 13.0 Å². The summed E-state index contributed by atoms with van der Waals surface area (Å²) in [6.07, 6.45) is 2.10. The molecule has 5 heteroatoms. The smallest absolute Gasteiger partial charge is 0.274 e. The first kappa shape index (κ1) is 14.7. The van der Waals surface area contributed by atoms with Gasteiger partial charge >= 0.3 is 0 Å². The predicted molar refractivity (Wildman–Crippen MR) is 84.4 cm³/mol. The fourth-order valence-electron chi connectivity index (χ4n) is 2.05. The summed E-state index contributed by atoms with van der Waals surface area (Å²) in [5.41, 5.74) is 1.89. The molecule has 2 rings (SSSR count). The van der Waals surface area contributed by atoms with Crippen molar-refractivity contribution < 1.29 is 0 Å². The summed E-state index contributed by atoms with van der Waals surface area (Å²) in [5, 5.41) is 12.6. The molecule has 0 fully saturated rings. The first-order valence-corrected chi connectivity index (χ1v) is 6.67. The number of aromatic amines is 1. The van der Waals surface area contributed by atoms with Crippen LogP contribution in [0.1, 0.15) is 12.0 Å². The number of nitrogens with one attached hydrogen (secondary N) is 1. The number of anilines is 1. The molecule has 0 bridgehead atoms. The summed E-state index contributed by atoms with van der Waals surface area (Å²) in [6.45, 7) is 4.21. The maximum Gasteiger partial charge on any atom is 0.274 e. The first-order valence-electron chi connectivity index (χ1n) is 6.67. The quantitative estimate of drug-likeness (QED) is 0.882. The van der Waals surface area contributed by atoms with Crippen molar-refractivity contribution in [2.24, 2.45) is 0 Å². The highest BCUT2D eigenvalue weighted by Crippen LogP contribution is 2.12. The molecule has 0 aliphatic carbocycles. The number of nitrogens with zero attached hydrogens (tertiary/aromatic N) is 3. The second-order valence-corrected chi connectivity index (χ2v) is 5.00. The third-order valence-corrected chi connectivity index (χ3v) is 3.24. The molecule has 1 heterocycles. The number of aromatic nitrogens is 2. The molecule has 0 saturated carbocycles. The Bertz CT molecular complexity index is 819.